The summed E-state index contributed by atoms with van der Waals surface area (Å²) in [5.74, 6) is 0.375. The molecule has 3 rings (SSSR count). The van der Waals surface area contributed by atoms with Crippen LogP contribution in [-0.4, -0.2) is 36.7 Å². The van der Waals surface area contributed by atoms with E-state index in [1.165, 1.54) is 0 Å². The molecular formula is C26H32CoN2O4. The van der Waals surface area contributed by atoms with Gasteiger partial charge in [-0.2, -0.15) is 0 Å². The van der Waals surface area contributed by atoms with Gasteiger partial charge in [-0.1, -0.05) is 48.6 Å². The van der Waals surface area contributed by atoms with E-state index >= 15 is 0 Å². The summed E-state index contributed by atoms with van der Waals surface area (Å²) >= 11 is 0. The molecule has 1 aliphatic rings. The van der Waals surface area contributed by atoms with Crippen LogP contribution in [0.15, 0.2) is 46.4 Å². The van der Waals surface area contributed by atoms with E-state index < -0.39 is 0 Å². The van der Waals surface area contributed by atoms with E-state index in [0.717, 1.165) is 25.7 Å². The molecule has 0 aliphatic heterocycles. The van der Waals surface area contributed by atoms with Crippen LogP contribution >= 0.6 is 0 Å². The van der Waals surface area contributed by atoms with Crippen molar-refractivity contribution in [2.45, 2.75) is 77.7 Å². The van der Waals surface area contributed by atoms with Gasteiger partial charge in [-0.05, 0) is 63.8 Å². The van der Waals surface area contributed by atoms with E-state index in [0.29, 0.717) is 22.6 Å². The zero-order valence-electron chi connectivity index (χ0n) is 19.6. The van der Waals surface area contributed by atoms with Crippen molar-refractivity contribution >= 4 is 12.4 Å². The molecule has 33 heavy (non-hydrogen) atoms. The molecular weight excluding hydrogens is 463 g/mol. The Kier molecular flexibility index (Phi) is 10.3. The zero-order chi connectivity index (χ0) is 23.1. The van der Waals surface area contributed by atoms with Crippen LogP contribution in [0, 0.1) is 0 Å². The summed E-state index contributed by atoms with van der Waals surface area (Å²) in [6, 6.07) is 10.4. The van der Waals surface area contributed by atoms with Gasteiger partial charge in [-0.15, -0.1) is 0 Å². The summed E-state index contributed by atoms with van der Waals surface area (Å²) in [6.45, 7) is 7.57. The van der Waals surface area contributed by atoms with Crippen molar-refractivity contribution in [3.8, 4) is 23.0 Å². The molecule has 2 aromatic carbocycles. The van der Waals surface area contributed by atoms with Crippen LogP contribution in [0.3, 0.4) is 0 Å². The molecule has 179 valence electrons. The molecule has 6 nitrogen and oxygen atoms in total. The Morgan fingerprint density at radius 2 is 1.15 bits per heavy atom. The minimum absolute atomic E-state index is 0. The quantitative estimate of drug-likeness (QED) is 0.512. The maximum Gasteiger partial charge on any atom is 2.00 e. The molecule has 0 heterocycles. The van der Waals surface area contributed by atoms with Crippen molar-refractivity contribution < 1.29 is 36.5 Å². The standard InChI is InChI=1S/C26H34N2O4.Co/c1-17(2)31-23-13-7-9-19(25(23)29)15-27-21-11-5-6-12-22(21)28-16-20-10-8-14-24(26(20)30)32-18(3)4;/h7-10,13-18,21-22,29-30H,5-6,11-12H2,1-4H3;/q;+2/p-2/t21-,22-;/m0./s1. The first-order valence-corrected chi connectivity index (χ1v) is 11.3. The minimum Gasteiger partial charge on any atom is -0.870 e. The minimum atomic E-state index is -0.154. The van der Waals surface area contributed by atoms with Crippen molar-refractivity contribution in [2.24, 2.45) is 9.98 Å². The van der Waals surface area contributed by atoms with Gasteiger partial charge in [-0.3, -0.25) is 9.98 Å². The van der Waals surface area contributed by atoms with Crippen molar-refractivity contribution in [2.75, 3.05) is 0 Å². The number of hydrogen-bond acceptors (Lipinski definition) is 6. The average molecular weight is 495 g/mol. The maximum absolute atomic E-state index is 12.6. The molecule has 1 fully saturated rings. The monoisotopic (exact) mass is 495 g/mol. The SMILES string of the molecule is CC(C)Oc1cccc(C=N[C@H]2CCCC[C@@H]2N=Cc2cccc(OC(C)C)c2[O-])c1[O-].[Co+2]. The van der Waals surface area contributed by atoms with Gasteiger partial charge in [0.05, 0.1) is 24.3 Å². The van der Waals surface area contributed by atoms with Gasteiger partial charge in [0, 0.05) is 12.4 Å². The Labute approximate surface area is 207 Å². The number of ether oxygens (including phenoxy) is 2. The first kappa shape index (κ1) is 26.7. The summed E-state index contributed by atoms with van der Waals surface area (Å²) in [6.07, 6.45) is 7.09. The number of hydrogen-bond donors (Lipinski definition) is 0. The van der Waals surface area contributed by atoms with Crippen LogP contribution in [0.4, 0.5) is 0 Å². The zero-order valence-corrected chi connectivity index (χ0v) is 20.7. The first-order valence-electron chi connectivity index (χ1n) is 11.3. The topological polar surface area (TPSA) is 89.3 Å². The van der Waals surface area contributed by atoms with Crippen LogP contribution in [-0.2, 0) is 16.8 Å². The van der Waals surface area contributed by atoms with E-state index in [-0.39, 0.29) is 52.6 Å². The fourth-order valence-electron chi connectivity index (χ4n) is 3.75. The molecule has 7 heteroatoms. The van der Waals surface area contributed by atoms with Crippen molar-refractivity contribution in [3.05, 3.63) is 47.5 Å². The third kappa shape index (κ3) is 7.50. The molecule has 0 N–H and O–H groups in total. The first-order chi connectivity index (χ1) is 15.3. The van der Waals surface area contributed by atoms with Gasteiger partial charge < -0.3 is 19.7 Å². The Morgan fingerprint density at radius 1 is 0.758 bits per heavy atom. The maximum atomic E-state index is 12.6. The van der Waals surface area contributed by atoms with Crippen LogP contribution in [0.2, 0.25) is 0 Å². The van der Waals surface area contributed by atoms with Crippen molar-refractivity contribution in [1.29, 1.82) is 0 Å². The molecule has 2 atom stereocenters. The van der Waals surface area contributed by atoms with Crippen molar-refractivity contribution in [1.82, 2.24) is 0 Å². The molecule has 0 unspecified atom stereocenters. The molecule has 0 spiro atoms. The van der Waals surface area contributed by atoms with Gasteiger partial charge in [0.15, 0.2) is 0 Å². The van der Waals surface area contributed by atoms with E-state index in [1.807, 2.05) is 27.7 Å². The summed E-state index contributed by atoms with van der Waals surface area (Å²) in [4.78, 5) is 9.42. The Bertz CT molecular complexity index is 882. The second-order valence-electron chi connectivity index (χ2n) is 8.66. The fourth-order valence-corrected chi connectivity index (χ4v) is 3.75. The average Bonchev–Trinajstić information content (AvgIpc) is 2.75. The molecule has 0 amide bonds. The molecule has 0 aromatic heterocycles. The molecule has 2 aromatic rings. The van der Waals surface area contributed by atoms with Crippen LogP contribution in [0.1, 0.15) is 64.5 Å². The summed E-state index contributed by atoms with van der Waals surface area (Å²) in [5, 5.41) is 25.2. The van der Waals surface area contributed by atoms with E-state index in [1.54, 1.807) is 48.8 Å². The Morgan fingerprint density at radius 3 is 1.52 bits per heavy atom. The third-order valence-corrected chi connectivity index (χ3v) is 5.25. The van der Waals surface area contributed by atoms with Crippen LogP contribution < -0.4 is 19.7 Å². The molecule has 1 saturated carbocycles. The van der Waals surface area contributed by atoms with Gasteiger partial charge in [-0.25, -0.2) is 0 Å². The second-order valence-corrected chi connectivity index (χ2v) is 8.66. The summed E-state index contributed by atoms with van der Waals surface area (Å²) in [5.41, 5.74) is 1.02. The van der Waals surface area contributed by atoms with Crippen LogP contribution in [0.25, 0.3) is 0 Å². The predicted octanol–water partition coefficient (Wildman–Crippen LogP) is 4.25. The van der Waals surface area contributed by atoms with Gasteiger partial charge in [0.1, 0.15) is 11.5 Å². The van der Waals surface area contributed by atoms with Gasteiger partial charge >= 0.3 is 16.8 Å². The largest absolute Gasteiger partial charge is 2.00 e. The van der Waals surface area contributed by atoms with Gasteiger partial charge in [0.25, 0.3) is 0 Å². The molecule has 0 saturated heterocycles. The summed E-state index contributed by atoms with van der Waals surface area (Å²) in [7, 11) is 0. The second kappa shape index (κ2) is 12.7. The third-order valence-electron chi connectivity index (χ3n) is 5.25. The fraction of sp³-hybridized carbons (Fsp3) is 0.462. The molecule has 1 aliphatic carbocycles. The number of benzene rings is 2. The smallest absolute Gasteiger partial charge is 0.870 e. The number of nitrogens with zero attached hydrogens (tertiary/aromatic N) is 2. The van der Waals surface area contributed by atoms with Crippen LogP contribution in [0.5, 0.6) is 23.0 Å². The van der Waals surface area contributed by atoms with E-state index in [4.69, 9.17) is 19.5 Å². The Hall–Kier alpha value is -2.51. The van der Waals surface area contributed by atoms with Crippen molar-refractivity contribution in [3.63, 3.8) is 0 Å². The number of aliphatic imine (C=N–C) groups is 2. The number of rotatable bonds is 8. The van der Waals surface area contributed by atoms with Gasteiger partial charge in [0.2, 0.25) is 0 Å². The molecule has 1 radical (unpaired) electrons. The van der Waals surface area contributed by atoms with E-state index in [2.05, 4.69) is 0 Å². The Balaban J connectivity index is 0.00000385. The van der Waals surface area contributed by atoms with E-state index in [9.17, 15) is 10.2 Å². The normalized spacial score (nSPS) is 18.7. The molecule has 0 bridgehead atoms. The number of para-hydroxylation sites is 2. The summed E-state index contributed by atoms with van der Waals surface area (Å²) < 4.78 is 11.2. The predicted molar refractivity (Wildman–Crippen MR) is 125 cm³/mol.